The van der Waals surface area contributed by atoms with Crippen LogP contribution in [-0.4, -0.2) is 11.7 Å². The zero-order valence-corrected chi connectivity index (χ0v) is 5.62. The van der Waals surface area contributed by atoms with Crippen molar-refractivity contribution in [2.24, 2.45) is 0 Å². The summed E-state index contributed by atoms with van der Waals surface area (Å²) < 4.78 is 0. The first-order chi connectivity index (χ1) is 4.93. The molecule has 1 aromatic rings. The summed E-state index contributed by atoms with van der Waals surface area (Å²) in [4.78, 5) is 0. The molecule has 0 aromatic heterocycles. The zero-order chi connectivity index (χ0) is 7.23. The summed E-state index contributed by atoms with van der Waals surface area (Å²) in [7, 11) is 0. The Balaban J connectivity index is 2.67. The summed E-state index contributed by atoms with van der Waals surface area (Å²) >= 11 is 0. The van der Waals surface area contributed by atoms with Gasteiger partial charge in [0, 0.05) is 0 Å². The van der Waals surface area contributed by atoms with Crippen LogP contribution >= 0.6 is 0 Å². The van der Waals surface area contributed by atoms with E-state index in [1.165, 1.54) is 0 Å². The molecule has 0 unspecified atom stereocenters. The molecular formula is C9H9O. The molecule has 0 fully saturated rings. The van der Waals surface area contributed by atoms with Crippen molar-refractivity contribution in [2.45, 2.75) is 0 Å². The van der Waals surface area contributed by atoms with E-state index in [4.69, 9.17) is 5.11 Å². The van der Waals surface area contributed by atoms with Crippen molar-refractivity contribution in [3.8, 4) is 0 Å². The zero-order valence-electron chi connectivity index (χ0n) is 5.62. The normalized spacial score (nSPS) is 10.5. The van der Waals surface area contributed by atoms with Gasteiger partial charge >= 0.3 is 0 Å². The van der Waals surface area contributed by atoms with Gasteiger partial charge in [-0.15, -0.1) is 0 Å². The SMILES string of the molecule is OC/[C]=C/c1ccccc1. The van der Waals surface area contributed by atoms with E-state index in [0.717, 1.165) is 5.56 Å². The number of aliphatic hydroxyl groups is 1. The highest BCUT2D eigenvalue weighted by Crippen LogP contribution is 1.99. The van der Waals surface area contributed by atoms with Crippen LogP contribution in [0.1, 0.15) is 5.56 Å². The Hall–Kier alpha value is -1.08. The average Bonchev–Trinajstić information content (AvgIpc) is 2.03. The molecule has 51 valence electrons. The molecule has 1 N–H and O–H groups in total. The maximum absolute atomic E-state index is 8.39. The molecule has 0 bridgehead atoms. The van der Waals surface area contributed by atoms with Crippen molar-refractivity contribution < 1.29 is 5.11 Å². The Morgan fingerprint density at radius 3 is 2.60 bits per heavy atom. The van der Waals surface area contributed by atoms with Crippen molar-refractivity contribution in [1.29, 1.82) is 0 Å². The third-order valence-electron chi connectivity index (χ3n) is 1.16. The highest BCUT2D eigenvalue weighted by atomic mass is 16.2. The third-order valence-corrected chi connectivity index (χ3v) is 1.16. The van der Waals surface area contributed by atoms with E-state index >= 15 is 0 Å². The number of benzene rings is 1. The fourth-order valence-corrected chi connectivity index (χ4v) is 0.713. The second kappa shape index (κ2) is 3.85. The van der Waals surface area contributed by atoms with Crippen molar-refractivity contribution in [2.75, 3.05) is 6.61 Å². The molecule has 0 aliphatic carbocycles. The van der Waals surface area contributed by atoms with Gasteiger partial charge in [0.05, 0.1) is 6.61 Å². The first kappa shape index (κ1) is 7.03. The molecular weight excluding hydrogens is 124 g/mol. The summed E-state index contributed by atoms with van der Waals surface area (Å²) in [5, 5.41) is 8.39. The molecule has 1 aromatic carbocycles. The van der Waals surface area contributed by atoms with Gasteiger partial charge < -0.3 is 5.11 Å². The number of hydrogen-bond acceptors (Lipinski definition) is 1. The third kappa shape index (κ3) is 2.03. The molecule has 1 rings (SSSR count). The van der Waals surface area contributed by atoms with Crippen LogP contribution in [0.5, 0.6) is 0 Å². The Labute approximate surface area is 60.6 Å². The predicted octanol–water partition coefficient (Wildman–Crippen LogP) is 1.50. The van der Waals surface area contributed by atoms with Crippen LogP contribution in [0.25, 0.3) is 6.08 Å². The number of rotatable bonds is 2. The molecule has 1 nitrogen and oxygen atoms in total. The molecule has 10 heavy (non-hydrogen) atoms. The van der Waals surface area contributed by atoms with Crippen molar-refractivity contribution in [1.82, 2.24) is 0 Å². The topological polar surface area (TPSA) is 20.2 Å². The van der Waals surface area contributed by atoms with Gasteiger partial charge in [0.2, 0.25) is 0 Å². The predicted molar refractivity (Wildman–Crippen MR) is 41.2 cm³/mol. The Bertz CT molecular complexity index is 201. The van der Waals surface area contributed by atoms with E-state index in [-0.39, 0.29) is 6.61 Å². The minimum atomic E-state index is -0.0190. The van der Waals surface area contributed by atoms with Crippen LogP contribution < -0.4 is 0 Å². The summed E-state index contributed by atoms with van der Waals surface area (Å²) in [6, 6.07) is 9.78. The highest BCUT2D eigenvalue weighted by Gasteiger charge is 1.79. The Morgan fingerprint density at radius 2 is 2.00 bits per heavy atom. The second-order valence-corrected chi connectivity index (χ2v) is 1.92. The smallest absolute Gasteiger partial charge is 0.0685 e. The molecule has 0 amide bonds. The molecule has 0 aliphatic rings. The van der Waals surface area contributed by atoms with E-state index in [2.05, 4.69) is 6.08 Å². The van der Waals surface area contributed by atoms with E-state index in [1.807, 2.05) is 30.3 Å². The first-order valence-electron chi connectivity index (χ1n) is 3.16. The largest absolute Gasteiger partial charge is 0.392 e. The fourth-order valence-electron chi connectivity index (χ4n) is 0.713. The molecule has 0 saturated heterocycles. The number of aliphatic hydroxyl groups excluding tert-OH is 1. The molecule has 0 spiro atoms. The van der Waals surface area contributed by atoms with Gasteiger partial charge in [0.25, 0.3) is 0 Å². The van der Waals surface area contributed by atoms with Crippen LogP contribution in [-0.2, 0) is 0 Å². The van der Waals surface area contributed by atoms with Crippen LogP contribution in [0.15, 0.2) is 30.3 Å². The van der Waals surface area contributed by atoms with Crippen LogP contribution in [0.3, 0.4) is 0 Å². The van der Waals surface area contributed by atoms with Gasteiger partial charge in [-0.1, -0.05) is 30.3 Å². The molecule has 1 radical (unpaired) electrons. The molecule has 0 atom stereocenters. The van der Waals surface area contributed by atoms with E-state index in [0.29, 0.717) is 0 Å². The van der Waals surface area contributed by atoms with E-state index < -0.39 is 0 Å². The summed E-state index contributed by atoms with van der Waals surface area (Å²) in [5.74, 6) is 0. The van der Waals surface area contributed by atoms with Gasteiger partial charge in [-0.2, -0.15) is 0 Å². The Morgan fingerprint density at radius 1 is 1.30 bits per heavy atom. The molecule has 0 saturated carbocycles. The Kier molecular flexibility index (Phi) is 2.71. The van der Waals surface area contributed by atoms with E-state index in [1.54, 1.807) is 6.08 Å². The van der Waals surface area contributed by atoms with Crippen molar-refractivity contribution in [3.63, 3.8) is 0 Å². The maximum atomic E-state index is 8.39. The van der Waals surface area contributed by atoms with Gasteiger partial charge in [-0.25, -0.2) is 0 Å². The summed E-state index contributed by atoms with van der Waals surface area (Å²) in [5.41, 5.74) is 1.07. The minimum absolute atomic E-state index is 0.0190. The summed E-state index contributed by atoms with van der Waals surface area (Å²) in [6.45, 7) is -0.0190. The standard InChI is InChI=1S/C9H9O/c10-8-4-7-9-5-2-1-3-6-9/h1-3,5-7,10H,8H2. The lowest BCUT2D eigenvalue weighted by atomic mass is 10.2. The second-order valence-electron chi connectivity index (χ2n) is 1.92. The molecule has 0 aliphatic heterocycles. The minimum Gasteiger partial charge on any atom is -0.392 e. The van der Waals surface area contributed by atoms with Gasteiger partial charge in [0.15, 0.2) is 0 Å². The lowest BCUT2D eigenvalue weighted by Gasteiger charge is -1.87. The molecule has 1 heteroatoms. The van der Waals surface area contributed by atoms with Crippen LogP contribution in [0.4, 0.5) is 0 Å². The quantitative estimate of drug-likeness (QED) is 0.648. The monoisotopic (exact) mass is 133 g/mol. The van der Waals surface area contributed by atoms with Crippen molar-refractivity contribution in [3.05, 3.63) is 42.0 Å². The highest BCUT2D eigenvalue weighted by molar-refractivity contribution is 5.46. The van der Waals surface area contributed by atoms with E-state index in [9.17, 15) is 0 Å². The van der Waals surface area contributed by atoms with Crippen LogP contribution in [0.2, 0.25) is 0 Å². The average molecular weight is 133 g/mol. The number of hydrogen-bond donors (Lipinski definition) is 1. The first-order valence-corrected chi connectivity index (χ1v) is 3.16. The maximum Gasteiger partial charge on any atom is 0.0685 e. The van der Waals surface area contributed by atoms with Crippen LogP contribution in [0, 0.1) is 6.08 Å². The molecule has 0 heterocycles. The van der Waals surface area contributed by atoms with Gasteiger partial charge in [-0.05, 0) is 17.7 Å². The lowest BCUT2D eigenvalue weighted by Crippen LogP contribution is -1.73. The fraction of sp³-hybridized carbons (Fsp3) is 0.111. The van der Waals surface area contributed by atoms with Crippen molar-refractivity contribution >= 4 is 6.08 Å². The van der Waals surface area contributed by atoms with Gasteiger partial charge in [-0.3, -0.25) is 0 Å². The summed E-state index contributed by atoms with van der Waals surface area (Å²) in [6.07, 6.45) is 4.46. The van der Waals surface area contributed by atoms with Gasteiger partial charge in [0.1, 0.15) is 0 Å². The lowest BCUT2D eigenvalue weighted by molar-refractivity contribution is 0.337.